The summed E-state index contributed by atoms with van der Waals surface area (Å²) in [5.41, 5.74) is 7.84. The molecule has 0 radical (unpaired) electrons. The molecule has 0 bridgehead atoms. The zero-order valence-corrected chi connectivity index (χ0v) is 17.8. The van der Waals surface area contributed by atoms with E-state index in [2.05, 4.69) is 26.5 Å². The minimum Gasteiger partial charge on any atom is -0.478 e. The molecule has 1 aromatic heterocycles. The maximum absolute atomic E-state index is 12.3. The van der Waals surface area contributed by atoms with Gasteiger partial charge < -0.3 is 9.67 Å². The average molecular weight is 454 g/mol. The number of carboxylic acid groups (broad SMARTS) is 1. The molecular formula is C22H20BrN3O3. The highest BCUT2D eigenvalue weighted by molar-refractivity contribution is 9.10. The fourth-order valence-corrected chi connectivity index (χ4v) is 3.66. The van der Waals surface area contributed by atoms with Gasteiger partial charge in [0.2, 0.25) is 0 Å². The van der Waals surface area contributed by atoms with Crippen LogP contribution in [-0.2, 0) is 0 Å². The minimum absolute atomic E-state index is 0.255. The van der Waals surface area contributed by atoms with Crippen LogP contribution in [0.1, 0.15) is 43.2 Å². The number of hydrogen-bond donors (Lipinski definition) is 2. The Hall–Kier alpha value is -3.19. The second-order valence-corrected chi connectivity index (χ2v) is 7.50. The second-order valence-electron chi connectivity index (χ2n) is 6.65. The summed E-state index contributed by atoms with van der Waals surface area (Å²) in [7, 11) is 0. The summed E-state index contributed by atoms with van der Waals surface area (Å²) in [6.07, 6.45) is 1.61. The third-order valence-electron chi connectivity index (χ3n) is 4.64. The van der Waals surface area contributed by atoms with Crippen molar-refractivity contribution in [2.45, 2.75) is 20.8 Å². The number of nitrogens with one attached hydrogen (secondary N) is 1. The predicted octanol–water partition coefficient (Wildman–Crippen LogP) is 4.63. The quantitative estimate of drug-likeness (QED) is 0.436. The van der Waals surface area contributed by atoms with Gasteiger partial charge in [0.1, 0.15) is 0 Å². The van der Waals surface area contributed by atoms with Crippen molar-refractivity contribution in [3.63, 3.8) is 0 Å². The maximum Gasteiger partial charge on any atom is 0.335 e. The summed E-state index contributed by atoms with van der Waals surface area (Å²) in [6, 6.07) is 14.1. The van der Waals surface area contributed by atoms with Gasteiger partial charge in [-0.2, -0.15) is 5.10 Å². The summed E-state index contributed by atoms with van der Waals surface area (Å²) in [5, 5.41) is 13.3. The number of carboxylic acids is 1. The molecule has 7 heteroatoms. The summed E-state index contributed by atoms with van der Waals surface area (Å²) >= 11 is 3.35. The van der Waals surface area contributed by atoms with Crippen LogP contribution in [0.2, 0.25) is 0 Å². The molecule has 29 heavy (non-hydrogen) atoms. The molecule has 148 valence electrons. The van der Waals surface area contributed by atoms with Crippen molar-refractivity contribution >= 4 is 34.0 Å². The van der Waals surface area contributed by atoms with Crippen LogP contribution >= 0.6 is 15.9 Å². The predicted molar refractivity (Wildman–Crippen MR) is 116 cm³/mol. The van der Waals surface area contributed by atoms with Crippen molar-refractivity contribution in [1.29, 1.82) is 0 Å². The molecule has 6 nitrogen and oxygen atoms in total. The van der Waals surface area contributed by atoms with E-state index in [0.717, 1.165) is 28.2 Å². The third-order valence-corrected chi connectivity index (χ3v) is 5.33. The topological polar surface area (TPSA) is 83.7 Å². The molecule has 0 aliphatic rings. The molecular weight excluding hydrogens is 434 g/mol. The number of aromatic carboxylic acids is 1. The van der Waals surface area contributed by atoms with Gasteiger partial charge in [-0.05, 0) is 78.7 Å². The number of aromatic nitrogens is 1. The lowest BCUT2D eigenvalue weighted by atomic mass is 10.1. The van der Waals surface area contributed by atoms with Crippen molar-refractivity contribution in [2.75, 3.05) is 0 Å². The summed E-state index contributed by atoms with van der Waals surface area (Å²) in [6.45, 7) is 5.80. The zero-order chi connectivity index (χ0) is 21.1. The Morgan fingerprint density at radius 1 is 1.10 bits per heavy atom. The van der Waals surface area contributed by atoms with Gasteiger partial charge in [-0.3, -0.25) is 4.79 Å². The Morgan fingerprint density at radius 2 is 1.83 bits per heavy atom. The Morgan fingerprint density at radius 3 is 2.48 bits per heavy atom. The number of hydrogen-bond acceptors (Lipinski definition) is 3. The summed E-state index contributed by atoms with van der Waals surface area (Å²) in [4.78, 5) is 23.4. The molecule has 1 heterocycles. The molecule has 0 unspecified atom stereocenters. The van der Waals surface area contributed by atoms with Crippen LogP contribution in [0.25, 0.3) is 5.69 Å². The highest BCUT2D eigenvalue weighted by atomic mass is 79.9. The van der Waals surface area contributed by atoms with Crippen molar-refractivity contribution in [3.05, 3.63) is 86.6 Å². The van der Waals surface area contributed by atoms with Crippen LogP contribution < -0.4 is 5.43 Å². The number of nitrogens with zero attached hydrogens (tertiary/aromatic N) is 2. The van der Waals surface area contributed by atoms with Crippen molar-refractivity contribution in [2.24, 2.45) is 5.10 Å². The lowest BCUT2D eigenvalue weighted by Crippen LogP contribution is -2.18. The van der Waals surface area contributed by atoms with E-state index < -0.39 is 5.97 Å². The van der Waals surface area contributed by atoms with E-state index in [9.17, 15) is 9.59 Å². The van der Waals surface area contributed by atoms with E-state index in [0.29, 0.717) is 10.0 Å². The zero-order valence-electron chi connectivity index (χ0n) is 16.2. The fraction of sp³-hybridized carbons (Fsp3) is 0.136. The second kappa shape index (κ2) is 8.45. The molecule has 0 aliphatic carbocycles. The van der Waals surface area contributed by atoms with Gasteiger partial charge in [0.05, 0.1) is 17.3 Å². The molecule has 0 saturated carbocycles. The van der Waals surface area contributed by atoms with E-state index >= 15 is 0 Å². The SMILES string of the molecule is Cc1cc(C(=O)O)ccc1-n1c(C)cc(/C=N\NC(=O)c2ccccc2Br)c1C. The molecule has 3 rings (SSSR count). The first-order chi connectivity index (χ1) is 13.8. The van der Waals surface area contributed by atoms with Gasteiger partial charge in [-0.1, -0.05) is 12.1 Å². The molecule has 1 amide bonds. The number of hydrazone groups is 1. The number of amides is 1. The third kappa shape index (κ3) is 4.30. The molecule has 0 atom stereocenters. The van der Waals surface area contributed by atoms with E-state index in [4.69, 9.17) is 5.11 Å². The minimum atomic E-state index is -0.950. The Bertz CT molecular complexity index is 1130. The Kier molecular flexibility index (Phi) is 5.98. The van der Waals surface area contributed by atoms with Crippen LogP contribution in [-0.4, -0.2) is 27.8 Å². The molecule has 0 spiro atoms. The summed E-state index contributed by atoms with van der Waals surface area (Å²) < 4.78 is 2.74. The number of halogens is 1. The van der Waals surface area contributed by atoms with Crippen molar-refractivity contribution in [3.8, 4) is 5.69 Å². The number of benzene rings is 2. The Labute approximate surface area is 177 Å². The van der Waals surface area contributed by atoms with E-state index in [-0.39, 0.29) is 11.5 Å². The van der Waals surface area contributed by atoms with Gasteiger partial charge in [0, 0.05) is 27.1 Å². The van der Waals surface area contributed by atoms with Gasteiger partial charge in [0.15, 0.2) is 0 Å². The normalized spacial score (nSPS) is 11.0. The van der Waals surface area contributed by atoms with Crippen molar-refractivity contribution < 1.29 is 14.7 Å². The van der Waals surface area contributed by atoms with E-state index in [1.165, 1.54) is 0 Å². The molecule has 2 aromatic carbocycles. The number of carbonyl (C=O) groups excluding carboxylic acids is 1. The molecule has 0 aliphatic heterocycles. The lowest BCUT2D eigenvalue weighted by Gasteiger charge is -2.13. The standard InChI is InChI=1S/C22H20BrN3O3/c1-13-10-16(22(28)29)8-9-20(13)26-14(2)11-17(15(26)3)12-24-25-21(27)18-6-4-5-7-19(18)23/h4-12H,1-3H3,(H,25,27)(H,28,29)/b24-12-. The van der Waals surface area contributed by atoms with E-state index in [1.807, 2.05) is 37.5 Å². The summed E-state index contributed by atoms with van der Waals surface area (Å²) in [5.74, 6) is -1.25. The Balaban J connectivity index is 1.85. The van der Waals surface area contributed by atoms with Crippen LogP contribution in [0.15, 0.2) is 58.1 Å². The van der Waals surface area contributed by atoms with Gasteiger partial charge in [0.25, 0.3) is 5.91 Å². The van der Waals surface area contributed by atoms with Crippen LogP contribution in [0.5, 0.6) is 0 Å². The molecule has 3 aromatic rings. The number of rotatable bonds is 5. The monoisotopic (exact) mass is 453 g/mol. The molecule has 0 saturated heterocycles. The highest BCUT2D eigenvalue weighted by Crippen LogP contribution is 2.23. The van der Waals surface area contributed by atoms with Crippen molar-refractivity contribution in [1.82, 2.24) is 9.99 Å². The highest BCUT2D eigenvalue weighted by Gasteiger charge is 2.13. The number of aryl methyl sites for hydroxylation is 2. The van der Waals surface area contributed by atoms with Gasteiger partial charge in [-0.15, -0.1) is 0 Å². The first-order valence-electron chi connectivity index (χ1n) is 8.90. The van der Waals surface area contributed by atoms with E-state index in [1.54, 1.807) is 42.6 Å². The maximum atomic E-state index is 12.3. The largest absolute Gasteiger partial charge is 0.478 e. The van der Waals surface area contributed by atoms with Crippen LogP contribution in [0, 0.1) is 20.8 Å². The van der Waals surface area contributed by atoms with Gasteiger partial charge in [-0.25, -0.2) is 10.2 Å². The number of carbonyl (C=O) groups is 2. The lowest BCUT2D eigenvalue weighted by molar-refractivity contribution is 0.0696. The first kappa shape index (κ1) is 20.5. The van der Waals surface area contributed by atoms with Crippen LogP contribution in [0.4, 0.5) is 0 Å². The average Bonchev–Trinajstić information content (AvgIpc) is 2.95. The fourth-order valence-electron chi connectivity index (χ4n) is 3.19. The molecule has 0 fully saturated rings. The van der Waals surface area contributed by atoms with Gasteiger partial charge >= 0.3 is 5.97 Å². The molecule has 2 N–H and O–H groups in total. The van der Waals surface area contributed by atoms with Crippen LogP contribution in [0.3, 0.4) is 0 Å². The smallest absolute Gasteiger partial charge is 0.335 e. The first-order valence-corrected chi connectivity index (χ1v) is 9.70.